The van der Waals surface area contributed by atoms with Gasteiger partial charge in [0.2, 0.25) is 5.78 Å². The molecule has 3 heteroatoms. The topological polar surface area (TPSA) is 17.1 Å². The first kappa shape index (κ1) is 10.8. The first-order chi connectivity index (χ1) is 6.63. The van der Waals surface area contributed by atoms with Gasteiger partial charge in [-0.3, -0.25) is 4.79 Å². The fourth-order valence-corrected chi connectivity index (χ4v) is 1.17. The van der Waals surface area contributed by atoms with E-state index in [0.29, 0.717) is 5.56 Å². The molecule has 0 saturated heterocycles. The van der Waals surface area contributed by atoms with Crippen LogP contribution >= 0.6 is 0 Å². The van der Waals surface area contributed by atoms with Crippen LogP contribution in [0.4, 0.5) is 8.78 Å². The van der Waals surface area contributed by atoms with Gasteiger partial charge in [0.05, 0.1) is 0 Å². The zero-order valence-corrected chi connectivity index (χ0v) is 7.97. The smallest absolute Gasteiger partial charge is 0.293 e. The van der Waals surface area contributed by atoms with Crippen molar-refractivity contribution in [3.05, 3.63) is 35.4 Å². The SMILES string of the molecule is CCc1ccc(CC(=O)C(F)F)cc1. The minimum atomic E-state index is -2.86. The van der Waals surface area contributed by atoms with Crippen LogP contribution in [0.3, 0.4) is 0 Å². The van der Waals surface area contributed by atoms with Gasteiger partial charge in [-0.15, -0.1) is 0 Å². The van der Waals surface area contributed by atoms with Gasteiger partial charge in [-0.05, 0) is 17.5 Å². The van der Waals surface area contributed by atoms with Crippen LogP contribution in [0.15, 0.2) is 24.3 Å². The maximum absolute atomic E-state index is 11.9. The van der Waals surface area contributed by atoms with Crippen LogP contribution in [0.2, 0.25) is 0 Å². The number of halogens is 2. The molecule has 0 amide bonds. The molecule has 0 N–H and O–H groups in total. The van der Waals surface area contributed by atoms with Crippen molar-refractivity contribution in [3.63, 3.8) is 0 Å². The number of hydrogen-bond donors (Lipinski definition) is 0. The Hall–Kier alpha value is -1.25. The average Bonchev–Trinajstić information content (AvgIpc) is 2.19. The van der Waals surface area contributed by atoms with Crippen molar-refractivity contribution in [2.24, 2.45) is 0 Å². The van der Waals surface area contributed by atoms with Gasteiger partial charge in [0, 0.05) is 6.42 Å². The predicted molar refractivity (Wildman–Crippen MR) is 50.5 cm³/mol. The summed E-state index contributed by atoms with van der Waals surface area (Å²) in [5.41, 5.74) is 1.78. The van der Waals surface area contributed by atoms with E-state index in [-0.39, 0.29) is 6.42 Å². The molecule has 0 fully saturated rings. The molecular formula is C11H12F2O. The number of Topliss-reactive ketones (excluding diaryl/α,β-unsaturated/α-hetero) is 1. The molecule has 1 nitrogen and oxygen atoms in total. The van der Waals surface area contributed by atoms with E-state index in [4.69, 9.17) is 0 Å². The molecule has 0 aromatic heterocycles. The zero-order chi connectivity index (χ0) is 10.6. The predicted octanol–water partition coefficient (Wildman–Crippen LogP) is 2.63. The van der Waals surface area contributed by atoms with Crippen LogP contribution in [-0.4, -0.2) is 12.2 Å². The number of aryl methyl sites for hydroxylation is 1. The highest BCUT2D eigenvalue weighted by Crippen LogP contribution is 2.08. The first-order valence-electron chi connectivity index (χ1n) is 4.52. The molecule has 0 aliphatic rings. The molecule has 0 saturated carbocycles. The van der Waals surface area contributed by atoms with Crippen LogP contribution in [0.5, 0.6) is 0 Å². The molecule has 0 unspecified atom stereocenters. The Kier molecular flexibility index (Phi) is 3.74. The average molecular weight is 198 g/mol. The molecule has 0 aliphatic heterocycles. The Labute approximate surface area is 81.7 Å². The van der Waals surface area contributed by atoms with Crippen molar-refractivity contribution in [1.29, 1.82) is 0 Å². The van der Waals surface area contributed by atoms with Crippen molar-refractivity contribution >= 4 is 5.78 Å². The van der Waals surface area contributed by atoms with Crippen molar-refractivity contribution in [1.82, 2.24) is 0 Å². The molecule has 0 bridgehead atoms. The number of carbonyl (C=O) groups excluding carboxylic acids is 1. The third-order valence-corrected chi connectivity index (χ3v) is 2.05. The van der Waals surface area contributed by atoms with Crippen molar-refractivity contribution in [2.45, 2.75) is 26.2 Å². The molecule has 14 heavy (non-hydrogen) atoms. The quantitative estimate of drug-likeness (QED) is 0.726. The van der Waals surface area contributed by atoms with Gasteiger partial charge >= 0.3 is 0 Å². The highest BCUT2D eigenvalue weighted by molar-refractivity contribution is 5.83. The van der Waals surface area contributed by atoms with Crippen molar-refractivity contribution in [3.8, 4) is 0 Å². The first-order valence-corrected chi connectivity index (χ1v) is 4.52. The Morgan fingerprint density at radius 2 is 1.71 bits per heavy atom. The Morgan fingerprint density at radius 3 is 2.14 bits per heavy atom. The summed E-state index contributed by atoms with van der Waals surface area (Å²) in [5, 5.41) is 0. The molecule has 0 atom stereocenters. The summed E-state index contributed by atoms with van der Waals surface area (Å²) in [4.78, 5) is 10.7. The number of hydrogen-bond acceptors (Lipinski definition) is 1. The van der Waals surface area contributed by atoms with E-state index >= 15 is 0 Å². The maximum Gasteiger partial charge on any atom is 0.296 e. The van der Waals surface area contributed by atoms with Gasteiger partial charge in [-0.2, -0.15) is 0 Å². The van der Waals surface area contributed by atoms with Gasteiger partial charge in [-0.1, -0.05) is 31.2 Å². The van der Waals surface area contributed by atoms with E-state index in [1.54, 1.807) is 12.1 Å². The largest absolute Gasteiger partial charge is 0.296 e. The molecule has 1 rings (SSSR count). The standard InChI is InChI=1S/C11H12F2O/c1-2-8-3-5-9(6-4-8)7-10(14)11(12)13/h3-6,11H,2,7H2,1H3. The second kappa shape index (κ2) is 4.84. The number of benzene rings is 1. The van der Waals surface area contributed by atoms with Gasteiger partial charge < -0.3 is 0 Å². The van der Waals surface area contributed by atoms with Gasteiger partial charge in [0.25, 0.3) is 6.43 Å². The molecule has 1 aromatic carbocycles. The fourth-order valence-electron chi connectivity index (χ4n) is 1.17. The van der Waals surface area contributed by atoms with Gasteiger partial charge in [-0.25, -0.2) is 8.78 Å². The maximum atomic E-state index is 11.9. The lowest BCUT2D eigenvalue weighted by Crippen LogP contribution is -2.12. The molecule has 0 aliphatic carbocycles. The van der Waals surface area contributed by atoms with Gasteiger partial charge in [0.1, 0.15) is 0 Å². The van der Waals surface area contributed by atoms with Crippen LogP contribution in [-0.2, 0) is 17.6 Å². The van der Waals surface area contributed by atoms with Crippen LogP contribution in [0.25, 0.3) is 0 Å². The number of ketones is 1. The number of carbonyl (C=O) groups is 1. The highest BCUT2D eigenvalue weighted by atomic mass is 19.3. The summed E-state index contributed by atoms with van der Waals surface area (Å²) in [6.45, 7) is 2.01. The lowest BCUT2D eigenvalue weighted by atomic mass is 10.1. The van der Waals surface area contributed by atoms with E-state index in [0.717, 1.165) is 12.0 Å². The molecule has 76 valence electrons. The number of alkyl halides is 2. The third-order valence-electron chi connectivity index (χ3n) is 2.05. The van der Waals surface area contributed by atoms with Crippen molar-refractivity contribution in [2.75, 3.05) is 0 Å². The minimum absolute atomic E-state index is 0.179. The van der Waals surface area contributed by atoms with Crippen LogP contribution < -0.4 is 0 Å². The third kappa shape index (κ3) is 2.91. The fraction of sp³-hybridized carbons (Fsp3) is 0.364. The summed E-state index contributed by atoms with van der Waals surface area (Å²) < 4.78 is 23.8. The van der Waals surface area contributed by atoms with Gasteiger partial charge in [0.15, 0.2) is 0 Å². The molecular weight excluding hydrogens is 186 g/mol. The lowest BCUT2D eigenvalue weighted by molar-refractivity contribution is -0.128. The van der Waals surface area contributed by atoms with E-state index in [2.05, 4.69) is 0 Å². The van der Waals surface area contributed by atoms with Crippen LogP contribution in [0.1, 0.15) is 18.1 Å². The second-order valence-electron chi connectivity index (χ2n) is 3.11. The summed E-state index contributed by atoms with van der Waals surface area (Å²) in [6.07, 6.45) is -2.13. The summed E-state index contributed by atoms with van der Waals surface area (Å²) in [5.74, 6) is -1.02. The summed E-state index contributed by atoms with van der Waals surface area (Å²) in [7, 11) is 0. The normalized spacial score (nSPS) is 10.6. The van der Waals surface area contributed by atoms with E-state index in [1.165, 1.54) is 0 Å². The Balaban J connectivity index is 2.64. The molecule has 1 aromatic rings. The van der Waals surface area contributed by atoms with Crippen molar-refractivity contribution < 1.29 is 13.6 Å². The van der Waals surface area contributed by atoms with E-state index in [1.807, 2.05) is 19.1 Å². The Morgan fingerprint density at radius 1 is 1.21 bits per heavy atom. The molecule has 0 spiro atoms. The van der Waals surface area contributed by atoms with E-state index < -0.39 is 12.2 Å². The lowest BCUT2D eigenvalue weighted by Gasteiger charge is -2.01. The number of rotatable bonds is 4. The van der Waals surface area contributed by atoms with Crippen LogP contribution in [0, 0.1) is 0 Å². The highest BCUT2D eigenvalue weighted by Gasteiger charge is 2.15. The second-order valence-corrected chi connectivity index (χ2v) is 3.11. The minimum Gasteiger partial charge on any atom is -0.293 e. The molecule has 0 radical (unpaired) electrons. The zero-order valence-electron chi connectivity index (χ0n) is 7.97. The molecule has 0 heterocycles. The summed E-state index contributed by atoms with van der Waals surface area (Å²) >= 11 is 0. The monoisotopic (exact) mass is 198 g/mol. The Bertz CT molecular complexity index is 304. The van der Waals surface area contributed by atoms with E-state index in [9.17, 15) is 13.6 Å². The summed E-state index contributed by atoms with van der Waals surface area (Å²) in [6, 6.07) is 7.15.